The highest BCUT2D eigenvalue weighted by Gasteiger charge is 2.18. The van der Waals surface area contributed by atoms with Gasteiger partial charge in [-0.3, -0.25) is 4.79 Å². The van der Waals surface area contributed by atoms with E-state index >= 15 is 0 Å². The van der Waals surface area contributed by atoms with Crippen LogP contribution in [0.15, 0.2) is 12.7 Å². The van der Waals surface area contributed by atoms with Crippen LogP contribution >= 0.6 is 21.6 Å². The minimum Gasteiger partial charge on any atom is -0.480 e. The van der Waals surface area contributed by atoms with Crippen LogP contribution in [-0.2, 0) is 9.59 Å². The average molecular weight is 249 g/mol. The molecule has 2 unspecified atom stereocenters. The number of carbonyl (C=O) groups excluding carboxylic acids is 1. The Labute approximate surface area is 97.3 Å². The van der Waals surface area contributed by atoms with Crippen molar-refractivity contribution >= 4 is 33.5 Å². The van der Waals surface area contributed by atoms with Gasteiger partial charge in [0.25, 0.3) is 0 Å². The summed E-state index contributed by atoms with van der Waals surface area (Å²) >= 11 is 0. The zero-order valence-corrected chi connectivity index (χ0v) is 10.4. The van der Waals surface area contributed by atoms with Gasteiger partial charge in [-0.05, 0) is 6.92 Å². The second-order valence-corrected chi connectivity index (χ2v) is 5.70. The van der Waals surface area contributed by atoms with Crippen LogP contribution in [-0.4, -0.2) is 34.0 Å². The predicted octanol–water partition coefficient (Wildman–Crippen LogP) is 1.53. The Kier molecular flexibility index (Phi) is 7.33. The first-order chi connectivity index (χ1) is 6.97. The van der Waals surface area contributed by atoms with Crippen LogP contribution in [0.3, 0.4) is 0 Å². The average Bonchev–Trinajstić information content (AvgIpc) is 2.15. The van der Waals surface area contributed by atoms with Crippen LogP contribution in [0, 0.1) is 0 Å². The van der Waals surface area contributed by atoms with Crippen LogP contribution in [0.1, 0.15) is 13.8 Å². The second-order valence-electron chi connectivity index (χ2n) is 2.91. The van der Waals surface area contributed by atoms with E-state index in [1.807, 2.05) is 6.92 Å². The van der Waals surface area contributed by atoms with Crippen molar-refractivity contribution in [2.45, 2.75) is 25.1 Å². The van der Waals surface area contributed by atoms with E-state index in [2.05, 4.69) is 11.9 Å². The SMILES string of the molecule is C=CC(C)SSCC(NC(C)=O)C(=O)O. The molecule has 1 amide bonds. The van der Waals surface area contributed by atoms with Crippen LogP contribution in [0.4, 0.5) is 0 Å². The first-order valence-electron chi connectivity index (χ1n) is 4.38. The second kappa shape index (κ2) is 7.64. The molecule has 0 aliphatic heterocycles. The molecule has 0 aromatic rings. The maximum absolute atomic E-state index is 10.7. The molecule has 0 saturated heterocycles. The lowest BCUT2D eigenvalue weighted by Crippen LogP contribution is -2.41. The zero-order valence-electron chi connectivity index (χ0n) is 8.73. The Morgan fingerprint density at radius 1 is 1.60 bits per heavy atom. The summed E-state index contributed by atoms with van der Waals surface area (Å²) in [6.45, 7) is 6.90. The van der Waals surface area contributed by atoms with Crippen molar-refractivity contribution < 1.29 is 14.7 Å². The molecule has 15 heavy (non-hydrogen) atoms. The number of hydrogen-bond acceptors (Lipinski definition) is 4. The van der Waals surface area contributed by atoms with E-state index in [9.17, 15) is 9.59 Å². The Bertz CT molecular complexity index is 246. The van der Waals surface area contributed by atoms with Gasteiger partial charge in [0, 0.05) is 17.9 Å². The topological polar surface area (TPSA) is 66.4 Å². The van der Waals surface area contributed by atoms with Gasteiger partial charge >= 0.3 is 5.97 Å². The Morgan fingerprint density at radius 3 is 2.60 bits per heavy atom. The highest BCUT2D eigenvalue weighted by molar-refractivity contribution is 8.77. The van der Waals surface area contributed by atoms with Gasteiger partial charge in [0.1, 0.15) is 6.04 Å². The van der Waals surface area contributed by atoms with E-state index in [4.69, 9.17) is 5.11 Å². The highest BCUT2D eigenvalue weighted by Crippen LogP contribution is 2.27. The lowest BCUT2D eigenvalue weighted by Gasteiger charge is -2.13. The molecule has 0 bridgehead atoms. The molecule has 0 aromatic heterocycles. The lowest BCUT2D eigenvalue weighted by atomic mass is 10.3. The molecule has 86 valence electrons. The number of hydrogen-bond donors (Lipinski definition) is 2. The van der Waals surface area contributed by atoms with Gasteiger partial charge < -0.3 is 10.4 Å². The van der Waals surface area contributed by atoms with Gasteiger partial charge in [-0.25, -0.2) is 4.79 Å². The van der Waals surface area contributed by atoms with Crippen molar-refractivity contribution in [3.8, 4) is 0 Å². The molecule has 0 fully saturated rings. The molecule has 6 heteroatoms. The van der Waals surface area contributed by atoms with E-state index in [0.717, 1.165) is 0 Å². The maximum atomic E-state index is 10.7. The number of rotatable bonds is 7. The maximum Gasteiger partial charge on any atom is 0.327 e. The predicted molar refractivity (Wildman–Crippen MR) is 64.9 cm³/mol. The molecule has 0 aliphatic carbocycles. The fourth-order valence-corrected chi connectivity index (χ4v) is 2.93. The number of nitrogens with one attached hydrogen (secondary N) is 1. The van der Waals surface area contributed by atoms with E-state index in [-0.39, 0.29) is 11.2 Å². The molecule has 0 heterocycles. The summed E-state index contributed by atoms with van der Waals surface area (Å²) in [7, 11) is 2.95. The van der Waals surface area contributed by atoms with Crippen molar-refractivity contribution in [1.29, 1.82) is 0 Å². The third kappa shape index (κ3) is 7.33. The summed E-state index contributed by atoms with van der Waals surface area (Å²) in [5.41, 5.74) is 0. The third-order valence-electron chi connectivity index (χ3n) is 1.46. The van der Waals surface area contributed by atoms with E-state index in [1.54, 1.807) is 6.08 Å². The van der Waals surface area contributed by atoms with Gasteiger partial charge in [-0.2, -0.15) is 0 Å². The third-order valence-corrected chi connectivity index (χ3v) is 4.29. The number of carboxylic acid groups (broad SMARTS) is 1. The van der Waals surface area contributed by atoms with Crippen LogP contribution in [0.2, 0.25) is 0 Å². The van der Waals surface area contributed by atoms with Crippen molar-refractivity contribution in [2.24, 2.45) is 0 Å². The normalized spacial score (nSPS) is 14.0. The Morgan fingerprint density at radius 2 is 2.20 bits per heavy atom. The van der Waals surface area contributed by atoms with Gasteiger partial charge in [0.15, 0.2) is 0 Å². The number of carbonyl (C=O) groups is 2. The van der Waals surface area contributed by atoms with Crippen molar-refractivity contribution in [2.75, 3.05) is 5.75 Å². The minimum absolute atomic E-state index is 0.266. The first kappa shape index (κ1) is 14.4. The van der Waals surface area contributed by atoms with E-state index in [0.29, 0.717) is 5.75 Å². The van der Waals surface area contributed by atoms with Crippen molar-refractivity contribution in [1.82, 2.24) is 5.32 Å². The van der Waals surface area contributed by atoms with Gasteiger partial charge in [-0.15, -0.1) is 6.58 Å². The van der Waals surface area contributed by atoms with E-state index < -0.39 is 12.0 Å². The summed E-state index contributed by atoms with van der Waals surface area (Å²) < 4.78 is 0. The molecule has 2 N–H and O–H groups in total. The molecule has 4 nitrogen and oxygen atoms in total. The molecule has 0 rings (SSSR count). The molecular formula is C9H15NO3S2. The van der Waals surface area contributed by atoms with Gasteiger partial charge in [0.2, 0.25) is 5.91 Å². The summed E-state index contributed by atoms with van der Waals surface area (Å²) in [6.07, 6.45) is 1.78. The standard InChI is InChI=1S/C9H15NO3S2/c1-4-6(2)15-14-5-8(9(12)13)10-7(3)11/h4,6,8H,1,5H2,2-3H3,(H,10,11)(H,12,13). The smallest absolute Gasteiger partial charge is 0.327 e. The summed E-state index contributed by atoms with van der Waals surface area (Å²) in [4.78, 5) is 21.4. The zero-order chi connectivity index (χ0) is 11.8. The number of carboxylic acids is 1. The largest absolute Gasteiger partial charge is 0.480 e. The number of amides is 1. The molecular weight excluding hydrogens is 234 g/mol. The molecule has 2 atom stereocenters. The van der Waals surface area contributed by atoms with E-state index in [1.165, 1.54) is 28.5 Å². The number of aliphatic carboxylic acids is 1. The van der Waals surface area contributed by atoms with Crippen molar-refractivity contribution in [3.05, 3.63) is 12.7 Å². The summed E-state index contributed by atoms with van der Waals surface area (Å²) in [5.74, 6) is -0.994. The first-order valence-corrected chi connectivity index (χ1v) is 6.76. The molecule has 0 aliphatic rings. The monoisotopic (exact) mass is 249 g/mol. The molecule has 0 saturated carbocycles. The molecule has 0 spiro atoms. The lowest BCUT2D eigenvalue weighted by molar-refractivity contribution is -0.140. The fourth-order valence-electron chi connectivity index (χ4n) is 0.674. The molecule has 0 aromatic carbocycles. The summed E-state index contributed by atoms with van der Waals surface area (Å²) in [5, 5.41) is 11.4. The van der Waals surface area contributed by atoms with Crippen LogP contribution in [0.25, 0.3) is 0 Å². The highest BCUT2D eigenvalue weighted by atomic mass is 33.1. The van der Waals surface area contributed by atoms with Crippen LogP contribution < -0.4 is 5.32 Å². The quantitative estimate of drug-likeness (QED) is 0.529. The van der Waals surface area contributed by atoms with Gasteiger partial charge in [-0.1, -0.05) is 27.7 Å². The fraction of sp³-hybridized carbons (Fsp3) is 0.556. The van der Waals surface area contributed by atoms with Crippen molar-refractivity contribution in [3.63, 3.8) is 0 Å². The van der Waals surface area contributed by atoms with Crippen LogP contribution in [0.5, 0.6) is 0 Å². The summed E-state index contributed by atoms with van der Waals surface area (Å²) in [6, 6.07) is -0.822. The Balaban J connectivity index is 3.91. The van der Waals surface area contributed by atoms with Gasteiger partial charge in [0.05, 0.1) is 0 Å². The Hall–Kier alpha value is -0.620. The minimum atomic E-state index is -1.01. The molecule has 0 radical (unpaired) electrons.